The molecule has 544 valence electrons. The van der Waals surface area contributed by atoms with E-state index in [1.807, 2.05) is 98.7 Å². The Kier molecular flexibility index (Phi) is 23.5. The van der Waals surface area contributed by atoms with Crippen LogP contribution in [0.4, 0.5) is 4.79 Å². The van der Waals surface area contributed by atoms with Crippen LogP contribution in [0, 0.1) is 34.5 Å². The van der Waals surface area contributed by atoms with Gasteiger partial charge in [0.05, 0.1) is 82.1 Å². The lowest BCUT2D eigenvalue weighted by Crippen LogP contribution is -2.46. The number of methoxy groups -OCH3 is 4. The fourth-order valence-corrected chi connectivity index (χ4v) is 14.5. The van der Waals surface area contributed by atoms with Crippen molar-refractivity contribution >= 4 is 63.7 Å². The van der Waals surface area contributed by atoms with Gasteiger partial charge in [-0.05, 0) is 178 Å². The second-order valence-corrected chi connectivity index (χ2v) is 32.4. The number of pyridine rings is 2. The van der Waals surface area contributed by atoms with Crippen LogP contribution in [0.5, 0.6) is 23.0 Å². The standard InChI is InChI=1S/C43H62N2O10.C34H46N2O8/c1-40(2,3)30(37(47)54-41(4,5)6)23-35(46)52-34-21-26(34)15-13-12-14-16-32-36-28(29-22-27(50-10)17-18-31(29)44-32)19-20-43(53-36)24-33(38(48)51-11)45(25-43)39(49)55-42(7,8)9;1-33(2,3)24(31(38)39)17-29(37)43-28-15-20(28)9-7-6-8-10-26-30-22(23-16-21(41-4)11-12-25(23)36-26)13-14-34(44-30)18-27(35-19-34)32(40)42-5/h17-18,22,26,30,33-34H,12-16,19-21,23-25H2,1-11H3;11-12,16,20,24,27-28,35H,6-10,13-15,17-19H2,1-5H3,(H,38,39)/t26-,30-,33+,34-,43-;20-,24-,27+,28-,34-/m11/s1. The Morgan fingerprint density at radius 2 is 1.08 bits per heavy atom. The van der Waals surface area contributed by atoms with Gasteiger partial charge >= 0.3 is 41.9 Å². The van der Waals surface area contributed by atoms with E-state index in [2.05, 4.69) is 5.32 Å². The van der Waals surface area contributed by atoms with Crippen LogP contribution in [0.1, 0.15) is 208 Å². The molecule has 10 atom stereocenters. The number of esters is 5. The number of benzene rings is 2. The Bertz CT molecular complexity index is 3620. The van der Waals surface area contributed by atoms with E-state index in [1.165, 1.54) is 19.1 Å². The monoisotopic (exact) mass is 1380 g/mol. The van der Waals surface area contributed by atoms with Crippen LogP contribution < -0.4 is 24.3 Å². The van der Waals surface area contributed by atoms with Crippen molar-refractivity contribution in [2.24, 2.45) is 34.5 Å². The molecule has 0 radical (unpaired) electrons. The van der Waals surface area contributed by atoms with Crippen LogP contribution >= 0.6 is 0 Å². The number of hydrogen-bond donors (Lipinski definition) is 2. The first-order chi connectivity index (χ1) is 46.5. The van der Waals surface area contributed by atoms with Crippen LogP contribution in [0.15, 0.2) is 36.4 Å². The minimum atomic E-state index is -0.963. The number of nitrogens with one attached hydrogen (secondary N) is 1. The van der Waals surface area contributed by atoms with E-state index in [9.17, 15) is 38.7 Å². The molecule has 0 bridgehead atoms. The van der Waals surface area contributed by atoms with E-state index in [4.69, 9.17) is 57.3 Å². The number of rotatable bonds is 24. The molecule has 6 heterocycles. The summed E-state index contributed by atoms with van der Waals surface area (Å²) in [6.45, 7) is 23.0. The number of fused-ring (bicyclic) bond motifs is 6. The van der Waals surface area contributed by atoms with E-state index in [0.717, 1.165) is 151 Å². The number of carboxylic acid groups (broad SMARTS) is 1. The Balaban J connectivity index is 0.000000237. The van der Waals surface area contributed by atoms with Crippen molar-refractivity contribution < 1.29 is 86.0 Å². The predicted octanol–water partition coefficient (Wildman–Crippen LogP) is 12.9. The number of aryl methyl sites for hydroxylation is 4. The highest BCUT2D eigenvalue weighted by Crippen LogP contribution is 2.48. The van der Waals surface area contributed by atoms with Gasteiger partial charge in [0.25, 0.3) is 0 Å². The molecule has 4 fully saturated rings. The average Bonchev–Trinajstić information content (AvgIpc) is 1.74. The number of carbonyl (C=O) groups excluding carboxylic acids is 6. The predicted molar refractivity (Wildman–Crippen MR) is 371 cm³/mol. The van der Waals surface area contributed by atoms with Gasteiger partial charge in [0, 0.05) is 41.3 Å². The molecule has 6 aliphatic rings. The molecule has 99 heavy (non-hydrogen) atoms. The van der Waals surface area contributed by atoms with E-state index in [0.29, 0.717) is 50.5 Å². The van der Waals surface area contributed by atoms with Crippen LogP contribution in [-0.2, 0) is 82.9 Å². The number of amides is 1. The third-order valence-corrected chi connectivity index (χ3v) is 20.3. The molecular weight excluding hydrogens is 1270 g/mol. The highest BCUT2D eigenvalue weighted by molar-refractivity contribution is 5.89. The lowest BCUT2D eigenvalue weighted by atomic mass is 9.78. The van der Waals surface area contributed by atoms with Crippen molar-refractivity contribution in [3.8, 4) is 23.0 Å². The Labute approximate surface area is 583 Å². The number of aromatic nitrogens is 2. The molecule has 2 aromatic heterocycles. The molecular formula is C77H108N4O18. The molecule has 2 spiro atoms. The quantitative estimate of drug-likeness (QED) is 0.0375. The summed E-state index contributed by atoms with van der Waals surface area (Å²) >= 11 is 0. The third kappa shape index (κ3) is 19.3. The van der Waals surface area contributed by atoms with Crippen LogP contribution in [0.3, 0.4) is 0 Å². The first kappa shape index (κ1) is 75.7. The van der Waals surface area contributed by atoms with Crippen molar-refractivity contribution in [2.45, 2.75) is 258 Å². The van der Waals surface area contributed by atoms with E-state index >= 15 is 0 Å². The van der Waals surface area contributed by atoms with Gasteiger partial charge in [-0.3, -0.25) is 28.9 Å². The first-order valence-electron chi connectivity index (χ1n) is 35.6. The third-order valence-electron chi connectivity index (χ3n) is 20.3. The molecule has 1 amide bonds. The lowest BCUT2D eigenvalue weighted by molar-refractivity contribution is -0.168. The number of hydrogen-bond acceptors (Lipinski definition) is 20. The van der Waals surface area contributed by atoms with Gasteiger partial charge < -0.3 is 57.8 Å². The largest absolute Gasteiger partial charge is 0.497 e. The molecule has 4 aliphatic heterocycles. The lowest BCUT2D eigenvalue weighted by Gasteiger charge is -2.37. The number of ether oxygens (including phenoxy) is 10. The molecule has 2 aromatic carbocycles. The molecule has 2 N–H and O–H groups in total. The molecule has 0 unspecified atom stereocenters. The van der Waals surface area contributed by atoms with Crippen molar-refractivity contribution in [1.82, 2.24) is 20.2 Å². The smallest absolute Gasteiger partial charge is 0.411 e. The van der Waals surface area contributed by atoms with E-state index in [-0.39, 0.29) is 55.5 Å². The Hall–Kier alpha value is -7.49. The molecule has 2 aliphatic carbocycles. The van der Waals surface area contributed by atoms with Gasteiger partial charge in [0.2, 0.25) is 0 Å². The summed E-state index contributed by atoms with van der Waals surface area (Å²) in [5.74, 6) is -0.479. The van der Waals surface area contributed by atoms with Gasteiger partial charge in [-0.1, -0.05) is 67.2 Å². The second kappa shape index (κ2) is 30.8. The Morgan fingerprint density at radius 1 is 0.606 bits per heavy atom. The van der Waals surface area contributed by atoms with E-state index in [1.54, 1.807) is 35.0 Å². The molecule has 4 aromatic rings. The topological polar surface area (TPSA) is 273 Å². The van der Waals surface area contributed by atoms with Crippen LogP contribution in [0.2, 0.25) is 0 Å². The van der Waals surface area contributed by atoms with Gasteiger partial charge in [-0.2, -0.15) is 0 Å². The first-order valence-corrected chi connectivity index (χ1v) is 35.6. The number of carbonyl (C=O) groups is 7. The van der Waals surface area contributed by atoms with Crippen molar-refractivity contribution in [3.63, 3.8) is 0 Å². The van der Waals surface area contributed by atoms with Gasteiger partial charge in [-0.15, -0.1) is 0 Å². The van der Waals surface area contributed by atoms with Gasteiger partial charge in [-0.25, -0.2) is 19.6 Å². The van der Waals surface area contributed by atoms with Crippen LogP contribution in [0.25, 0.3) is 21.8 Å². The maximum absolute atomic E-state index is 13.3. The summed E-state index contributed by atoms with van der Waals surface area (Å²) in [7, 11) is 6.04. The average molecular weight is 1380 g/mol. The highest BCUT2D eigenvalue weighted by atomic mass is 16.6. The second-order valence-electron chi connectivity index (χ2n) is 32.4. The summed E-state index contributed by atoms with van der Waals surface area (Å²) in [5.41, 5.74) is 2.22. The SMILES string of the molecule is COC(=O)[C@@H]1C[C@]2(CCc3c(c(CCCCC[C@@H]4C[C@H]4OC(=O)C[C@H](C(=O)O)C(C)(C)C)nc4ccc(OC)cc34)O2)CN1.COC(=O)[C@@H]1C[C@]2(CCc3c(c(CCCCC[C@@H]4C[C@H]4OC(=O)C[C@H](C(=O)OC(C)(C)C)C(C)(C)C)nc4ccc(OC)cc34)O2)CN1C(=O)OC(C)(C)C. The zero-order valence-corrected chi connectivity index (χ0v) is 61.4. The normalized spacial score (nSPS) is 23.7. The van der Waals surface area contributed by atoms with Gasteiger partial charge in [0.15, 0.2) is 0 Å². The fraction of sp³-hybridized carbons (Fsp3) is 0.675. The molecule has 22 nitrogen and oxygen atoms in total. The maximum Gasteiger partial charge on any atom is 0.411 e. The zero-order valence-electron chi connectivity index (χ0n) is 61.4. The minimum absolute atomic E-state index is 0.00321. The van der Waals surface area contributed by atoms with Gasteiger partial charge in [0.1, 0.15) is 69.7 Å². The molecule has 10 rings (SSSR count). The van der Waals surface area contributed by atoms with Crippen molar-refractivity contribution in [3.05, 3.63) is 58.9 Å². The molecule has 22 heteroatoms. The molecule has 2 saturated carbocycles. The number of nitrogens with zero attached hydrogens (tertiary/aromatic N) is 3. The fourth-order valence-electron chi connectivity index (χ4n) is 14.5. The summed E-state index contributed by atoms with van der Waals surface area (Å²) < 4.78 is 57.5. The highest BCUT2D eigenvalue weighted by Gasteiger charge is 2.54. The number of aliphatic carboxylic acids is 1. The number of likely N-dealkylation sites (tertiary alicyclic amines) is 1. The summed E-state index contributed by atoms with van der Waals surface area (Å²) in [6.07, 6.45) is 13.8. The van der Waals surface area contributed by atoms with E-state index < -0.39 is 75.1 Å². The minimum Gasteiger partial charge on any atom is -0.497 e. The molecule has 2 saturated heterocycles. The van der Waals surface area contributed by atoms with Crippen LogP contribution in [-0.4, -0.2) is 150 Å². The Morgan fingerprint density at radius 3 is 1.54 bits per heavy atom. The van der Waals surface area contributed by atoms with Crippen molar-refractivity contribution in [1.29, 1.82) is 0 Å². The zero-order chi connectivity index (χ0) is 72.2. The summed E-state index contributed by atoms with van der Waals surface area (Å²) in [5, 5.41) is 14.8. The summed E-state index contributed by atoms with van der Waals surface area (Å²) in [6, 6.07) is 10.6. The number of unbranched alkanes of at least 4 members (excludes halogenated alkanes) is 4. The summed E-state index contributed by atoms with van der Waals surface area (Å²) in [4.78, 5) is 99.9. The number of carboxylic acids is 1. The van der Waals surface area contributed by atoms with Crippen molar-refractivity contribution in [2.75, 3.05) is 41.5 Å². The maximum atomic E-state index is 13.3.